The van der Waals surface area contributed by atoms with E-state index in [9.17, 15) is 9.59 Å². The highest BCUT2D eigenvalue weighted by Crippen LogP contribution is 2.14. The molecule has 0 atom stereocenters. The predicted octanol–water partition coefficient (Wildman–Crippen LogP) is 2.70. The Hall–Kier alpha value is -2.14. The molecule has 1 aromatic carbocycles. The number of ether oxygens (including phenoxy) is 1. The van der Waals surface area contributed by atoms with Gasteiger partial charge in [-0.25, -0.2) is 4.79 Å². The van der Waals surface area contributed by atoms with Crippen LogP contribution in [0.4, 0.5) is 5.69 Å². The molecule has 0 aromatic heterocycles. The monoisotopic (exact) mass is 304 g/mol. The fraction of sp³-hybridized carbons (Fsp3) is 0.412. The number of rotatable bonds is 5. The zero-order valence-electron chi connectivity index (χ0n) is 13.8. The third-order valence-electron chi connectivity index (χ3n) is 2.53. The first-order valence-corrected chi connectivity index (χ1v) is 7.13. The summed E-state index contributed by atoms with van der Waals surface area (Å²) in [5.41, 5.74) is 0.559. The number of anilines is 1. The lowest BCUT2D eigenvalue weighted by molar-refractivity contribution is -0.111. The highest BCUT2D eigenvalue weighted by atomic mass is 16.6. The molecule has 5 nitrogen and oxygen atoms in total. The molecule has 0 aliphatic rings. The average molecular weight is 304 g/mol. The molecule has 22 heavy (non-hydrogen) atoms. The Morgan fingerprint density at radius 1 is 1.18 bits per heavy atom. The number of nitrogens with one attached hydrogen (secondary N) is 1. The second kappa shape index (κ2) is 7.75. The maximum absolute atomic E-state index is 11.9. The van der Waals surface area contributed by atoms with Crippen molar-refractivity contribution in [1.82, 2.24) is 4.90 Å². The third kappa shape index (κ3) is 7.04. The van der Waals surface area contributed by atoms with Crippen LogP contribution in [-0.2, 0) is 9.53 Å². The first kappa shape index (κ1) is 17.9. The van der Waals surface area contributed by atoms with Crippen molar-refractivity contribution in [3.63, 3.8) is 0 Å². The van der Waals surface area contributed by atoms with E-state index in [2.05, 4.69) is 5.32 Å². The lowest BCUT2D eigenvalue weighted by Gasteiger charge is -2.19. The summed E-state index contributed by atoms with van der Waals surface area (Å²) in [7, 11) is 3.86. The van der Waals surface area contributed by atoms with Gasteiger partial charge in [-0.1, -0.05) is 6.08 Å². The maximum Gasteiger partial charge on any atom is 0.338 e. The van der Waals surface area contributed by atoms with Gasteiger partial charge in [-0.15, -0.1) is 0 Å². The van der Waals surface area contributed by atoms with E-state index in [1.165, 1.54) is 6.08 Å². The quantitative estimate of drug-likeness (QED) is 0.671. The number of nitrogens with zero attached hydrogens (tertiary/aromatic N) is 1. The topological polar surface area (TPSA) is 58.6 Å². The highest BCUT2D eigenvalue weighted by Gasteiger charge is 2.17. The summed E-state index contributed by atoms with van der Waals surface area (Å²) in [4.78, 5) is 25.5. The predicted molar refractivity (Wildman–Crippen MR) is 87.9 cm³/mol. The van der Waals surface area contributed by atoms with Gasteiger partial charge in [0.05, 0.1) is 5.56 Å². The van der Waals surface area contributed by atoms with Crippen molar-refractivity contribution in [2.45, 2.75) is 26.4 Å². The van der Waals surface area contributed by atoms with Crippen LogP contribution in [0.2, 0.25) is 0 Å². The Labute approximate surface area is 132 Å². The molecular formula is C17H24N2O3. The van der Waals surface area contributed by atoms with E-state index in [4.69, 9.17) is 4.74 Å². The largest absolute Gasteiger partial charge is 0.456 e. The molecule has 1 rings (SSSR count). The van der Waals surface area contributed by atoms with E-state index in [1.54, 1.807) is 30.3 Å². The van der Waals surface area contributed by atoms with Crippen LogP contribution in [0.3, 0.4) is 0 Å². The summed E-state index contributed by atoms with van der Waals surface area (Å²) in [5, 5.41) is 2.73. The normalized spacial score (nSPS) is 11.7. The van der Waals surface area contributed by atoms with Crippen LogP contribution in [0.1, 0.15) is 31.1 Å². The molecule has 0 saturated heterocycles. The van der Waals surface area contributed by atoms with Gasteiger partial charge in [0.15, 0.2) is 0 Å². The van der Waals surface area contributed by atoms with E-state index in [0.717, 1.165) is 0 Å². The van der Waals surface area contributed by atoms with Crippen molar-refractivity contribution in [1.29, 1.82) is 0 Å². The van der Waals surface area contributed by atoms with Gasteiger partial charge in [-0.05, 0) is 59.1 Å². The van der Waals surface area contributed by atoms with E-state index in [-0.39, 0.29) is 11.9 Å². The van der Waals surface area contributed by atoms with Gasteiger partial charge in [0.25, 0.3) is 0 Å². The first-order valence-electron chi connectivity index (χ1n) is 7.13. The minimum atomic E-state index is -0.527. The van der Waals surface area contributed by atoms with Gasteiger partial charge < -0.3 is 15.0 Å². The second-order valence-corrected chi connectivity index (χ2v) is 6.23. The van der Waals surface area contributed by atoms with Gasteiger partial charge in [0.1, 0.15) is 5.60 Å². The summed E-state index contributed by atoms with van der Waals surface area (Å²) < 4.78 is 5.28. The molecule has 1 aromatic rings. The number of esters is 1. The lowest BCUT2D eigenvalue weighted by atomic mass is 10.1. The standard InChI is InChI=1S/C17H24N2O3/c1-17(2,3)22-16(21)13-8-10-14(11-9-13)18-15(20)7-6-12-19(4)5/h6-11H,12H2,1-5H3,(H,18,20). The summed E-state index contributed by atoms with van der Waals surface area (Å²) in [6.45, 7) is 6.16. The number of amides is 1. The number of carbonyl (C=O) groups is 2. The SMILES string of the molecule is CN(C)CC=CC(=O)Nc1ccc(C(=O)OC(C)(C)C)cc1. The fourth-order valence-corrected chi connectivity index (χ4v) is 1.58. The number of benzene rings is 1. The van der Waals surface area contributed by atoms with Gasteiger partial charge in [0.2, 0.25) is 5.91 Å². The van der Waals surface area contributed by atoms with Gasteiger partial charge >= 0.3 is 5.97 Å². The molecule has 0 spiro atoms. The number of carbonyl (C=O) groups excluding carboxylic acids is 2. The Kier molecular flexibility index (Phi) is 6.31. The van der Waals surface area contributed by atoms with Gasteiger partial charge in [-0.3, -0.25) is 4.79 Å². The van der Waals surface area contributed by atoms with Crippen LogP contribution < -0.4 is 5.32 Å². The molecule has 0 unspecified atom stereocenters. The Bertz CT molecular complexity index is 540. The average Bonchev–Trinajstić information content (AvgIpc) is 2.37. The first-order chi connectivity index (χ1) is 10.2. The van der Waals surface area contributed by atoms with E-state index in [1.807, 2.05) is 39.8 Å². The Morgan fingerprint density at radius 2 is 1.77 bits per heavy atom. The minimum absolute atomic E-state index is 0.202. The minimum Gasteiger partial charge on any atom is -0.456 e. The van der Waals surface area contributed by atoms with Gasteiger partial charge in [0, 0.05) is 18.3 Å². The van der Waals surface area contributed by atoms with E-state index in [0.29, 0.717) is 17.8 Å². The molecule has 5 heteroatoms. The summed E-state index contributed by atoms with van der Waals surface area (Å²) in [6, 6.07) is 6.62. The van der Waals surface area contributed by atoms with Crippen molar-refractivity contribution in [3.05, 3.63) is 42.0 Å². The molecule has 0 saturated carbocycles. The van der Waals surface area contributed by atoms with Crippen LogP contribution >= 0.6 is 0 Å². The number of hydrogen-bond donors (Lipinski definition) is 1. The Balaban J connectivity index is 2.60. The summed E-state index contributed by atoms with van der Waals surface area (Å²) in [6.07, 6.45) is 3.27. The van der Waals surface area contributed by atoms with Crippen LogP contribution in [-0.4, -0.2) is 43.0 Å². The zero-order chi connectivity index (χ0) is 16.8. The van der Waals surface area contributed by atoms with Crippen LogP contribution in [0.5, 0.6) is 0 Å². The molecule has 0 fully saturated rings. The molecular weight excluding hydrogens is 280 g/mol. The van der Waals surface area contributed by atoms with E-state index >= 15 is 0 Å². The number of likely N-dealkylation sites (N-methyl/N-ethyl adjacent to an activating group) is 1. The van der Waals surface area contributed by atoms with Crippen molar-refractivity contribution in [3.8, 4) is 0 Å². The van der Waals surface area contributed by atoms with Crippen molar-refractivity contribution in [2.75, 3.05) is 26.0 Å². The van der Waals surface area contributed by atoms with Gasteiger partial charge in [-0.2, -0.15) is 0 Å². The molecule has 1 N–H and O–H groups in total. The molecule has 0 bridgehead atoms. The summed E-state index contributed by atoms with van der Waals surface area (Å²) in [5.74, 6) is -0.580. The molecule has 120 valence electrons. The molecule has 0 heterocycles. The maximum atomic E-state index is 11.9. The number of hydrogen-bond acceptors (Lipinski definition) is 4. The lowest BCUT2D eigenvalue weighted by Crippen LogP contribution is -2.23. The summed E-state index contributed by atoms with van der Waals surface area (Å²) >= 11 is 0. The van der Waals surface area contributed by atoms with Crippen molar-refractivity contribution in [2.24, 2.45) is 0 Å². The second-order valence-electron chi connectivity index (χ2n) is 6.23. The molecule has 0 aliphatic heterocycles. The smallest absolute Gasteiger partial charge is 0.338 e. The fourth-order valence-electron chi connectivity index (χ4n) is 1.58. The zero-order valence-corrected chi connectivity index (χ0v) is 13.8. The van der Waals surface area contributed by atoms with Crippen molar-refractivity contribution >= 4 is 17.6 Å². The highest BCUT2D eigenvalue weighted by molar-refractivity contribution is 5.99. The van der Waals surface area contributed by atoms with Crippen LogP contribution in [0.15, 0.2) is 36.4 Å². The van der Waals surface area contributed by atoms with Crippen LogP contribution in [0, 0.1) is 0 Å². The molecule has 0 radical (unpaired) electrons. The van der Waals surface area contributed by atoms with Crippen LogP contribution in [0.25, 0.3) is 0 Å². The Morgan fingerprint density at radius 3 is 2.27 bits per heavy atom. The van der Waals surface area contributed by atoms with E-state index < -0.39 is 5.60 Å². The molecule has 0 aliphatic carbocycles. The molecule has 1 amide bonds. The third-order valence-corrected chi connectivity index (χ3v) is 2.53. The van der Waals surface area contributed by atoms with Crippen molar-refractivity contribution < 1.29 is 14.3 Å².